The van der Waals surface area contributed by atoms with Crippen LogP contribution in [0.5, 0.6) is 0 Å². The number of hydrogen-bond donors (Lipinski definition) is 1. The van der Waals surface area contributed by atoms with Gasteiger partial charge in [0.15, 0.2) is 0 Å². The second kappa shape index (κ2) is 5.66. The summed E-state index contributed by atoms with van der Waals surface area (Å²) < 4.78 is 4.77. The van der Waals surface area contributed by atoms with Crippen LogP contribution in [0.1, 0.15) is 35.5 Å². The second-order valence-corrected chi connectivity index (χ2v) is 5.54. The first-order valence-corrected chi connectivity index (χ1v) is 6.71. The predicted molar refractivity (Wildman–Crippen MR) is 81.0 cm³/mol. The predicted octanol–water partition coefficient (Wildman–Crippen LogP) is 3.07. The lowest BCUT2D eigenvalue weighted by atomic mass is 10.00. The summed E-state index contributed by atoms with van der Waals surface area (Å²) in [6.07, 6.45) is 0. The fourth-order valence-electron chi connectivity index (χ4n) is 1.95. The van der Waals surface area contributed by atoms with Gasteiger partial charge in [-0.25, -0.2) is 9.78 Å². The maximum atomic E-state index is 11.8. The maximum absolute atomic E-state index is 11.8. The molecule has 0 aliphatic heterocycles. The highest BCUT2D eigenvalue weighted by Crippen LogP contribution is 2.25. The van der Waals surface area contributed by atoms with Crippen molar-refractivity contribution in [3.63, 3.8) is 0 Å². The number of methoxy groups -OCH3 is 1. The molecular formula is C17H19NO3. The van der Waals surface area contributed by atoms with Crippen molar-refractivity contribution in [3.05, 3.63) is 53.2 Å². The zero-order valence-corrected chi connectivity index (χ0v) is 12.7. The van der Waals surface area contributed by atoms with E-state index < -0.39 is 11.6 Å². The van der Waals surface area contributed by atoms with Crippen molar-refractivity contribution in [1.29, 1.82) is 0 Å². The molecule has 0 saturated heterocycles. The quantitative estimate of drug-likeness (QED) is 0.880. The van der Waals surface area contributed by atoms with E-state index in [9.17, 15) is 9.90 Å². The molecule has 0 unspecified atom stereocenters. The van der Waals surface area contributed by atoms with Crippen LogP contribution in [-0.4, -0.2) is 23.2 Å². The van der Waals surface area contributed by atoms with E-state index in [0.29, 0.717) is 17.0 Å². The SMILES string of the molecule is COC(=O)c1cc(-c2ccc(C)cc2)nc(C(C)(C)O)c1. The van der Waals surface area contributed by atoms with Gasteiger partial charge in [0.2, 0.25) is 0 Å². The van der Waals surface area contributed by atoms with E-state index >= 15 is 0 Å². The Bertz CT molecular complexity index is 655. The Labute approximate surface area is 124 Å². The number of ether oxygens (including phenoxy) is 1. The number of pyridine rings is 1. The van der Waals surface area contributed by atoms with Gasteiger partial charge in [0, 0.05) is 5.56 Å². The second-order valence-electron chi connectivity index (χ2n) is 5.54. The molecule has 0 aliphatic carbocycles. The largest absolute Gasteiger partial charge is 0.465 e. The summed E-state index contributed by atoms with van der Waals surface area (Å²) in [6, 6.07) is 11.1. The maximum Gasteiger partial charge on any atom is 0.337 e. The van der Waals surface area contributed by atoms with Crippen molar-refractivity contribution in [2.45, 2.75) is 26.4 Å². The Morgan fingerprint density at radius 2 is 1.81 bits per heavy atom. The molecule has 0 spiro atoms. The van der Waals surface area contributed by atoms with Crippen LogP contribution >= 0.6 is 0 Å². The molecule has 4 nitrogen and oxygen atoms in total. The minimum absolute atomic E-state index is 0.375. The van der Waals surface area contributed by atoms with Gasteiger partial charge in [-0.2, -0.15) is 0 Å². The summed E-state index contributed by atoms with van der Waals surface area (Å²) in [6.45, 7) is 5.27. The molecule has 0 radical (unpaired) electrons. The molecule has 1 aromatic heterocycles. The van der Waals surface area contributed by atoms with Gasteiger partial charge in [0.1, 0.15) is 5.60 Å². The number of hydrogen-bond acceptors (Lipinski definition) is 4. The highest BCUT2D eigenvalue weighted by atomic mass is 16.5. The fraction of sp³-hybridized carbons (Fsp3) is 0.294. The lowest BCUT2D eigenvalue weighted by Crippen LogP contribution is -2.19. The molecule has 0 aliphatic rings. The van der Waals surface area contributed by atoms with E-state index in [2.05, 4.69) is 4.98 Å². The summed E-state index contributed by atoms with van der Waals surface area (Å²) in [4.78, 5) is 16.3. The van der Waals surface area contributed by atoms with Gasteiger partial charge in [0.05, 0.1) is 24.1 Å². The molecule has 0 atom stereocenters. The number of aliphatic hydroxyl groups is 1. The molecule has 0 bridgehead atoms. The third-order valence-corrected chi connectivity index (χ3v) is 3.22. The van der Waals surface area contributed by atoms with E-state index in [4.69, 9.17) is 4.74 Å². The van der Waals surface area contributed by atoms with Crippen molar-refractivity contribution in [2.24, 2.45) is 0 Å². The zero-order chi connectivity index (χ0) is 15.6. The Hall–Kier alpha value is -2.20. The van der Waals surface area contributed by atoms with Crippen LogP contribution in [0, 0.1) is 6.92 Å². The summed E-state index contributed by atoms with van der Waals surface area (Å²) in [5.41, 5.74) is 2.34. The van der Waals surface area contributed by atoms with Crippen LogP contribution in [0.2, 0.25) is 0 Å². The van der Waals surface area contributed by atoms with Gasteiger partial charge in [-0.15, -0.1) is 0 Å². The first-order valence-electron chi connectivity index (χ1n) is 6.71. The third-order valence-electron chi connectivity index (χ3n) is 3.22. The Kier molecular flexibility index (Phi) is 4.09. The molecule has 0 amide bonds. The normalized spacial score (nSPS) is 11.3. The van der Waals surface area contributed by atoms with Crippen LogP contribution < -0.4 is 0 Å². The molecule has 1 N–H and O–H groups in total. The van der Waals surface area contributed by atoms with Crippen molar-refractivity contribution in [1.82, 2.24) is 4.98 Å². The van der Waals surface area contributed by atoms with Crippen molar-refractivity contribution >= 4 is 5.97 Å². The molecule has 1 heterocycles. The molecule has 21 heavy (non-hydrogen) atoms. The van der Waals surface area contributed by atoms with E-state index in [1.165, 1.54) is 7.11 Å². The Morgan fingerprint density at radius 3 is 2.33 bits per heavy atom. The third kappa shape index (κ3) is 3.47. The van der Waals surface area contributed by atoms with E-state index in [1.54, 1.807) is 26.0 Å². The molecule has 2 rings (SSSR count). The summed E-state index contributed by atoms with van der Waals surface area (Å²) in [5.74, 6) is -0.448. The summed E-state index contributed by atoms with van der Waals surface area (Å²) in [5, 5.41) is 10.2. The molecule has 2 aromatic rings. The lowest BCUT2D eigenvalue weighted by molar-refractivity contribution is 0.0597. The number of carbonyl (C=O) groups excluding carboxylic acids is 1. The highest BCUT2D eigenvalue weighted by molar-refractivity contribution is 5.90. The van der Waals surface area contributed by atoms with Crippen LogP contribution in [0.3, 0.4) is 0 Å². The smallest absolute Gasteiger partial charge is 0.337 e. The first kappa shape index (κ1) is 15.2. The molecular weight excluding hydrogens is 266 g/mol. The molecule has 1 aromatic carbocycles. The number of aromatic nitrogens is 1. The lowest BCUT2D eigenvalue weighted by Gasteiger charge is -2.18. The zero-order valence-electron chi connectivity index (χ0n) is 12.7. The number of benzene rings is 1. The summed E-state index contributed by atoms with van der Waals surface area (Å²) in [7, 11) is 1.33. The number of nitrogens with zero attached hydrogens (tertiary/aromatic N) is 1. The minimum Gasteiger partial charge on any atom is -0.465 e. The molecule has 0 fully saturated rings. The number of esters is 1. The van der Waals surface area contributed by atoms with Crippen molar-refractivity contribution in [2.75, 3.05) is 7.11 Å². The molecule has 4 heteroatoms. The highest BCUT2D eigenvalue weighted by Gasteiger charge is 2.21. The van der Waals surface area contributed by atoms with Crippen LogP contribution in [-0.2, 0) is 10.3 Å². The standard InChI is InChI=1S/C17H19NO3/c1-11-5-7-12(8-6-11)14-9-13(16(19)21-4)10-15(18-14)17(2,3)20/h5-10,20H,1-4H3. The monoisotopic (exact) mass is 285 g/mol. The van der Waals surface area contributed by atoms with E-state index in [0.717, 1.165) is 11.1 Å². The average Bonchev–Trinajstić information content (AvgIpc) is 2.45. The summed E-state index contributed by atoms with van der Waals surface area (Å²) >= 11 is 0. The molecule has 0 saturated carbocycles. The van der Waals surface area contributed by atoms with Gasteiger partial charge in [0.25, 0.3) is 0 Å². The van der Waals surface area contributed by atoms with Gasteiger partial charge in [-0.1, -0.05) is 29.8 Å². The van der Waals surface area contributed by atoms with Gasteiger partial charge < -0.3 is 9.84 Å². The van der Waals surface area contributed by atoms with Crippen LogP contribution in [0.25, 0.3) is 11.3 Å². The topological polar surface area (TPSA) is 59.4 Å². The average molecular weight is 285 g/mol. The van der Waals surface area contributed by atoms with Gasteiger partial charge >= 0.3 is 5.97 Å². The van der Waals surface area contributed by atoms with Gasteiger partial charge in [-0.3, -0.25) is 0 Å². The number of aryl methyl sites for hydroxylation is 1. The Balaban J connectivity index is 2.59. The van der Waals surface area contributed by atoms with E-state index in [-0.39, 0.29) is 0 Å². The number of rotatable bonds is 3. The van der Waals surface area contributed by atoms with Crippen LogP contribution in [0.4, 0.5) is 0 Å². The molecule has 110 valence electrons. The van der Waals surface area contributed by atoms with E-state index in [1.807, 2.05) is 31.2 Å². The number of carbonyl (C=O) groups is 1. The first-order chi connectivity index (χ1) is 9.81. The van der Waals surface area contributed by atoms with Gasteiger partial charge in [-0.05, 0) is 32.9 Å². The minimum atomic E-state index is -1.14. The van der Waals surface area contributed by atoms with Crippen molar-refractivity contribution < 1.29 is 14.6 Å². The van der Waals surface area contributed by atoms with Crippen molar-refractivity contribution in [3.8, 4) is 11.3 Å². The van der Waals surface area contributed by atoms with Crippen LogP contribution in [0.15, 0.2) is 36.4 Å². The fourth-order valence-corrected chi connectivity index (χ4v) is 1.95. The Morgan fingerprint density at radius 1 is 1.19 bits per heavy atom.